The lowest BCUT2D eigenvalue weighted by Crippen LogP contribution is -2.30. The summed E-state index contributed by atoms with van der Waals surface area (Å²) in [5.74, 6) is 1.26. The van der Waals surface area contributed by atoms with E-state index in [1.807, 2.05) is 21.8 Å². The Morgan fingerprint density at radius 1 is 1.21 bits per heavy atom. The average molecular weight is 322 g/mol. The second-order valence-corrected chi connectivity index (χ2v) is 12.9. The first-order valence-corrected chi connectivity index (χ1v) is 13.1. The molecule has 1 fully saturated rings. The third kappa shape index (κ3) is 8.00. The highest BCUT2D eigenvalue weighted by Gasteiger charge is 2.21. The number of rotatable bonds is 9. The molecule has 19 heavy (non-hydrogen) atoms. The SMILES string of the molecule is CCO[Si](C)(C)CCCSSN(C)C1CCCCC1. The number of nitrogens with zero attached hydrogens (tertiary/aromatic N) is 1. The third-order valence-corrected chi connectivity index (χ3v) is 9.04. The second kappa shape index (κ2) is 9.72. The Morgan fingerprint density at radius 2 is 1.89 bits per heavy atom. The van der Waals surface area contributed by atoms with E-state index in [1.54, 1.807) is 0 Å². The molecule has 0 atom stereocenters. The fourth-order valence-electron chi connectivity index (χ4n) is 2.65. The van der Waals surface area contributed by atoms with Crippen LogP contribution in [0.15, 0.2) is 0 Å². The van der Waals surface area contributed by atoms with Crippen LogP contribution in [-0.4, -0.2) is 38.1 Å². The molecular formula is C14H31NOS2Si. The molecule has 1 aliphatic rings. The lowest BCUT2D eigenvalue weighted by molar-refractivity contribution is 0.307. The van der Waals surface area contributed by atoms with Gasteiger partial charge in [-0.2, -0.15) is 0 Å². The van der Waals surface area contributed by atoms with Crippen molar-refractivity contribution in [2.75, 3.05) is 19.4 Å². The van der Waals surface area contributed by atoms with Crippen LogP contribution in [0.4, 0.5) is 0 Å². The highest BCUT2D eigenvalue weighted by Crippen LogP contribution is 2.33. The molecule has 0 unspecified atom stereocenters. The Morgan fingerprint density at radius 3 is 2.53 bits per heavy atom. The topological polar surface area (TPSA) is 12.5 Å². The fraction of sp³-hybridized carbons (Fsp3) is 1.00. The van der Waals surface area contributed by atoms with Gasteiger partial charge >= 0.3 is 0 Å². The minimum atomic E-state index is -1.35. The quantitative estimate of drug-likeness (QED) is 0.251. The van der Waals surface area contributed by atoms with Crippen molar-refractivity contribution in [3.05, 3.63) is 0 Å². The zero-order chi connectivity index (χ0) is 14.1. The molecule has 0 saturated heterocycles. The zero-order valence-electron chi connectivity index (χ0n) is 13.1. The molecule has 0 aliphatic heterocycles. The predicted octanol–water partition coefficient (Wildman–Crippen LogP) is 5.18. The first-order valence-electron chi connectivity index (χ1n) is 7.71. The van der Waals surface area contributed by atoms with E-state index in [-0.39, 0.29) is 0 Å². The fourth-order valence-corrected chi connectivity index (χ4v) is 7.13. The monoisotopic (exact) mass is 321 g/mol. The van der Waals surface area contributed by atoms with Gasteiger partial charge < -0.3 is 4.43 Å². The van der Waals surface area contributed by atoms with Gasteiger partial charge in [0.25, 0.3) is 0 Å². The lowest BCUT2D eigenvalue weighted by Gasteiger charge is -2.29. The van der Waals surface area contributed by atoms with Crippen LogP contribution in [0.2, 0.25) is 19.1 Å². The normalized spacial score (nSPS) is 18.2. The van der Waals surface area contributed by atoms with Crippen LogP contribution in [0.25, 0.3) is 0 Å². The molecule has 0 aromatic rings. The Balaban J connectivity index is 2.03. The minimum Gasteiger partial charge on any atom is -0.418 e. The summed E-state index contributed by atoms with van der Waals surface area (Å²) in [4.78, 5) is 0. The van der Waals surface area contributed by atoms with Crippen molar-refractivity contribution in [1.29, 1.82) is 0 Å². The maximum Gasteiger partial charge on any atom is 0.186 e. The summed E-state index contributed by atoms with van der Waals surface area (Å²) in [5.41, 5.74) is 0. The van der Waals surface area contributed by atoms with E-state index in [1.165, 1.54) is 50.3 Å². The summed E-state index contributed by atoms with van der Waals surface area (Å²) >= 11 is 0. The maximum absolute atomic E-state index is 5.86. The standard InChI is InChI=1S/C14H31NOS2Si/c1-5-16-19(3,4)13-9-12-17-18-15(2)14-10-7-6-8-11-14/h14H,5-13H2,1-4H3. The van der Waals surface area contributed by atoms with Gasteiger partial charge in [-0.25, -0.2) is 4.31 Å². The van der Waals surface area contributed by atoms with E-state index in [4.69, 9.17) is 4.43 Å². The molecule has 0 aromatic carbocycles. The van der Waals surface area contributed by atoms with Gasteiger partial charge in [-0.3, -0.25) is 0 Å². The summed E-state index contributed by atoms with van der Waals surface area (Å²) in [6.45, 7) is 7.66. The molecule has 0 radical (unpaired) electrons. The van der Waals surface area contributed by atoms with Gasteiger partial charge in [0.05, 0.1) is 0 Å². The minimum absolute atomic E-state index is 0.820. The van der Waals surface area contributed by atoms with Crippen LogP contribution in [0.5, 0.6) is 0 Å². The molecule has 5 heteroatoms. The highest BCUT2D eigenvalue weighted by atomic mass is 33.1. The Bertz CT molecular complexity index is 235. The number of hydrogen-bond donors (Lipinski definition) is 0. The molecule has 2 nitrogen and oxygen atoms in total. The van der Waals surface area contributed by atoms with Gasteiger partial charge in [0.2, 0.25) is 0 Å². The van der Waals surface area contributed by atoms with Gasteiger partial charge in [0, 0.05) is 18.4 Å². The highest BCUT2D eigenvalue weighted by molar-refractivity contribution is 8.75. The van der Waals surface area contributed by atoms with Crippen molar-refractivity contribution >= 4 is 30.1 Å². The molecule has 114 valence electrons. The third-order valence-electron chi connectivity index (χ3n) is 3.80. The van der Waals surface area contributed by atoms with E-state index in [0.717, 1.165) is 12.6 Å². The zero-order valence-corrected chi connectivity index (χ0v) is 15.7. The Hall–Kier alpha value is 0.837. The van der Waals surface area contributed by atoms with Crippen molar-refractivity contribution in [3.63, 3.8) is 0 Å². The smallest absolute Gasteiger partial charge is 0.186 e. The summed E-state index contributed by atoms with van der Waals surface area (Å²) in [6, 6.07) is 2.11. The van der Waals surface area contributed by atoms with E-state index < -0.39 is 8.32 Å². The van der Waals surface area contributed by atoms with Crippen molar-refractivity contribution in [3.8, 4) is 0 Å². The predicted molar refractivity (Wildman–Crippen MR) is 93.2 cm³/mol. The molecule has 0 amide bonds. The summed E-state index contributed by atoms with van der Waals surface area (Å²) in [7, 11) is 4.92. The molecule has 1 aliphatic carbocycles. The first-order chi connectivity index (χ1) is 9.05. The molecule has 0 spiro atoms. The lowest BCUT2D eigenvalue weighted by atomic mass is 9.96. The van der Waals surface area contributed by atoms with Gasteiger partial charge in [-0.1, -0.05) is 30.1 Å². The largest absolute Gasteiger partial charge is 0.418 e. The van der Waals surface area contributed by atoms with Crippen molar-refractivity contribution < 1.29 is 4.43 Å². The summed E-state index contributed by atoms with van der Waals surface area (Å²) < 4.78 is 8.36. The Labute approximate surface area is 129 Å². The van der Waals surface area contributed by atoms with Crippen molar-refractivity contribution in [2.45, 2.75) is 70.6 Å². The van der Waals surface area contributed by atoms with E-state index in [9.17, 15) is 0 Å². The van der Waals surface area contributed by atoms with Crippen molar-refractivity contribution in [2.24, 2.45) is 0 Å². The second-order valence-electron chi connectivity index (χ2n) is 6.03. The Kier molecular flexibility index (Phi) is 9.15. The summed E-state index contributed by atoms with van der Waals surface area (Å²) in [6.07, 6.45) is 8.39. The van der Waals surface area contributed by atoms with E-state index in [2.05, 4.69) is 31.4 Å². The van der Waals surface area contributed by atoms with Gasteiger partial charge in [-0.05, 0) is 63.4 Å². The van der Waals surface area contributed by atoms with Gasteiger partial charge in [0.1, 0.15) is 0 Å². The van der Waals surface area contributed by atoms with Crippen LogP contribution < -0.4 is 0 Å². The molecule has 0 bridgehead atoms. The molecule has 0 heterocycles. The molecule has 0 aromatic heterocycles. The van der Waals surface area contributed by atoms with E-state index >= 15 is 0 Å². The van der Waals surface area contributed by atoms with E-state index in [0.29, 0.717) is 0 Å². The van der Waals surface area contributed by atoms with Gasteiger partial charge in [0.15, 0.2) is 8.32 Å². The molecule has 1 rings (SSSR count). The van der Waals surface area contributed by atoms with Crippen molar-refractivity contribution in [1.82, 2.24) is 4.31 Å². The first kappa shape index (κ1) is 17.9. The molecule has 1 saturated carbocycles. The summed E-state index contributed by atoms with van der Waals surface area (Å²) in [5, 5.41) is 0. The average Bonchev–Trinajstić information content (AvgIpc) is 2.39. The van der Waals surface area contributed by atoms with Crippen LogP contribution in [0.3, 0.4) is 0 Å². The van der Waals surface area contributed by atoms with Gasteiger partial charge in [-0.15, -0.1) is 0 Å². The van der Waals surface area contributed by atoms with Crippen LogP contribution in [0.1, 0.15) is 45.4 Å². The molecular weight excluding hydrogens is 290 g/mol. The van der Waals surface area contributed by atoms with Crippen LogP contribution in [0, 0.1) is 0 Å². The molecule has 0 N–H and O–H groups in total. The maximum atomic E-state index is 5.86. The number of hydrogen-bond acceptors (Lipinski definition) is 4. The van der Waals surface area contributed by atoms with Crippen LogP contribution in [-0.2, 0) is 4.43 Å². The van der Waals surface area contributed by atoms with Crippen LogP contribution >= 0.6 is 21.8 Å².